The first kappa shape index (κ1) is 14.8. The smallest absolute Gasteiger partial charge is 0.408 e. The Kier molecular flexibility index (Phi) is 3.69. The minimum Gasteiger partial charge on any atom is -0.408 e. The second kappa shape index (κ2) is 6.00. The number of hydrogen-bond acceptors (Lipinski definition) is 3. The van der Waals surface area contributed by atoms with Crippen LogP contribution in [0.5, 0.6) is 0 Å². The van der Waals surface area contributed by atoms with E-state index in [0.717, 1.165) is 19.3 Å². The molecule has 1 atom stereocenters. The second-order valence-corrected chi connectivity index (χ2v) is 6.13. The quantitative estimate of drug-likeness (QED) is 0.806. The maximum Gasteiger partial charge on any atom is 0.420 e. The van der Waals surface area contributed by atoms with Gasteiger partial charge in [0.1, 0.15) is 6.54 Å². The molecule has 0 saturated heterocycles. The Bertz CT molecular complexity index is 954. The van der Waals surface area contributed by atoms with Crippen molar-refractivity contribution in [1.82, 2.24) is 9.88 Å². The van der Waals surface area contributed by atoms with Gasteiger partial charge in [0.15, 0.2) is 5.58 Å². The number of nitrogens with zero attached hydrogens (tertiary/aromatic N) is 1. The summed E-state index contributed by atoms with van der Waals surface area (Å²) in [6.07, 6.45) is 3.02. The average Bonchev–Trinajstić information content (AvgIpc) is 2.91. The van der Waals surface area contributed by atoms with Crippen molar-refractivity contribution in [3.8, 4) is 0 Å². The standard InChI is InChI=1S/C19H18N2O3/c22-18(12-21-16-10-3-4-11-17(16)24-19(21)23)20-15-9-5-7-13-6-1-2-8-14(13)15/h1-4,6,8,10-11,15H,5,7,9,12H2,(H,20,22). The van der Waals surface area contributed by atoms with E-state index in [-0.39, 0.29) is 18.5 Å². The number of benzene rings is 2. The summed E-state index contributed by atoms with van der Waals surface area (Å²) in [5.74, 6) is -0.680. The molecule has 0 radical (unpaired) electrons. The van der Waals surface area contributed by atoms with Crippen LogP contribution in [-0.4, -0.2) is 10.5 Å². The highest BCUT2D eigenvalue weighted by atomic mass is 16.4. The summed E-state index contributed by atoms with van der Waals surface area (Å²) in [4.78, 5) is 24.5. The number of aryl methyl sites for hydroxylation is 1. The summed E-state index contributed by atoms with van der Waals surface area (Å²) in [5, 5.41) is 3.06. The molecule has 5 nitrogen and oxygen atoms in total. The summed E-state index contributed by atoms with van der Waals surface area (Å²) >= 11 is 0. The first-order valence-electron chi connectivity index (χ1n) is 8.18. The van der Waals surface area contributed by atoms with Crippen LogP contribution in [0.2, 0.25) is 0 Å². The fraction of sp³-hybridized carbons (Fsp3) is 0.263. The van der Waals surface area contributed by atoms with Gasteiger partial charge in [0.25, 0.3) is 0 Å². The lowest BCUT2D eigenvalue weighted by Gasteiger charge is -2.26. The number of hydrogen-bond donors (Lipinski definition) is 1. The summed E-state index contributed by atoms with van der Waals surface area (Å²) in [6, 6.07) is 15.3. The predicted octanol–water partition coefficient (Wildman–Crippen LogP) is 2.79. The molecule has 24 heavy (non-hydrogen) atoms. The van der Waals surface area contributed by atoms with Crippen molar-refractivity contribution in [3.63, 3.8) is 0 Å². The molecule has 122 valence electrons. The first-order chi connectivity index (χ1) is 11.7. The zero-order valence-corrected chi connectivity index (χ0v) is 13.2. The highest BCUT2D eigenvalue weighted by Crippen LogP contribution is 2.29. The largest absolute Gasteiger partial charge is 0.420 e. The van der Waals surface area contributed by atoms with E-state index in [1.165, 1.54) is 15.7 Å². The Morgan fingerprint density at radius 3 is 2.88 bits per heavy atom. The van der Waals surface area contributed by atoms with Crippen LogP contribution in [0.15, 0.2) is 57.7 Å². The Labute approximate surface area is 138 Å². The fourth-order valence-electron chi connectivity index (χ4n) is 3.45. The summed E-state index contributed by atoms with van der Waals surface area (Å²) in [7, 11) is 0. The molecule has 1 aromatic heterocycles. The number of aromatic nitrogens is 1. The second-order valence-electron chi connectivity index (χ2n) is 6.13. The van der Waals surface area contributed by atoms with Crippen molar-refractivity contribution in [2.45, 2.75) is 31.8 Å². The molecular formula is C19H18N2O3. The van der Waals surface area contributed by atoms with Gasteiger partial charge in [0, 0.05) is 0 Å². The molecule has 1 N–H and O–H groups in total. The Hall–Kier alpha value is -2.82. The van der Waals surface area contributed by atoms with Gasteiger partial charge in [-0.1, -0.05) is 36.4 Å². The van der Waals surface area contributed by atoms with E-state index in [4.69, 9.17) is 4.42 Å². The number of para-hydroxylation sites is 2. The molecule has 1 aliphatic rings. The third kappa shape index (κ3) is 2.62. The maximum absolute atomic E-state index is 12.5. The zero-order valence-electron chi connectivity index (χ0n) is 13.2. The number of nitrogens with one attached hydrogen (secondary N) is 1. The van der Waals surface area contributed by atoms with Crippen molar-refractivity contribution < 1.29 is 9.21 Å². The van der Waals surface area contributed by atoms with Crippen molar-refractivity contribution in [1.29, 1.82) is 0 Å². The number of rotatable bonds is 3. The van der Waals surface area contributed by atoms with E-state index in [9.17, 15) is 9.59 Å². The molecule has 5 heteroatoms. The van der Waals surface area contributed by atoms with Gasteiger partial charge in [0.05, 0.1) is 11.6 Å². The van der Waals surface area contributed by atoms with Crippen LogP contribution in [0.25, 0.3) is 11.1 Å². The van der Waals surface area contributed by atoms with Gasteiger partial charge in [0.2, 0.25) is 5.91 Å². The molecule has 1 heterocycles. The van der Waals surface area contributed by atoms with Gasteiger partial charge in [-0.25, -0.2) is 4.79 Å². The average molecular weight is 322 g/mol. The van der Waals surface area contributed by atoms with E-state index in [0.29, 0.717) is 11.1 Å². The lowest BCUT2D eigenvalue weighted by Crippen LogP contribution is -2.35. The topological polar surface area (TPSA) is 64.2 Å². The normalized spacial score (nSPS) is 16.8. The summed E-state index contributed by atoms with van der Waals surface area (Å²) < 4.78 is 6.55. The molecule has 3 aromatic rings. The molecule has 1 unspecified atom stereocenters. The van der Waals surface area contributed by atoms with Crippen molar-refractivity contribution >= 4 is 17.0 Å². The maximum atomic E-state index is 12.5. The van der Waals surface area contributed by atoms with E-state index in [1.54, 1.807) is 18.2 Å². The van der Waals surface area contributed by atoms with Crippen LogP contribution in [0.4, 0.5) is 0 Å². The minimum absolute atomic E-state index is 0.0105. The van der Waals surface area contributed by atoms with Crippen LogP contribution < -0.4 is 11.1 Å². The molecule has 0 saturated carbocycles. The molecule has 0 fully saturated rings. The Balaban J connectivity index is 1.55. The number of fused-ring (bicyclic) bond motifs is 2. The number of carbonyl (C=O) groups is 1. The van der Waals surface area contributed by atoms with Gasteiger partial charge in [-0.05, 0) is 42.5 Å². The third-order valence-corrected chi connectivity index (χ3v) is 4.58. The van der Waals surface area contributed by atoms with Crippen LogP contribution in [0.1, 0.15) is 30.0 Å². The molecule has 4 rings (SSSR count). The zero-order chi connectivity index (χ0) is 16.5. The van der Waals surface area contributed by atoms with Crippen LogP contribution in [-0.2, 0) is 17.8 Å². The summed E-state index contributed by atoms with van der Waals surface area (Å²) in [5.41, 5.74) is 3.61. The number of carbonyl (C=O) groups excluding carboxylic acids is 1. The predicted molar refractivity (Wildman–Crippen MR) is 90.7 cm³/mol. The van der Waals surface area contributed by atoms with Crippen LogP contribution >= 0.6 is 0 Å². The van der Waals surface area contributed by atoms with E-state index < -0.39 is 5.76 Å². The Morgan fingerprint density at radius 1 is 1.17 bits per heavy atom. The highest BCUT2D eigenvalue weighted by Gasteiger charge is 2.22. The van der Waals surface area contributed by atoms with Gasteiger partial charge in [-0.2, -0.15) is 0 Å². The molecular weight excluding hydrogens is 304 g/mol. The number of oxazole rings is 1. The lowest BCUT2D eigenvalue weighted by atomic mass is 9.88. The highest BCUT2D eigenvalue weighted by molar-refractivity contribution is 5.79. The minimum atomic E-state index is -0.504. The van der Waals surface area contributed by atoms with Gasteiger partial charge in [-0.3, -0.25) is 9.36 Å². The lowest BCUT2D eigenvalue weighted by molar-refractivity contribution is -0.122. The fourth-order valence-corrected chi connectivity index (χ4v) is 3.45. The van der Waals surface area contributed by atoms with Crippen molar-refractivity contribution in [2.75, 3.05) is 0 Å². The van der Waals surface area contributed by atoms with Crippen LogP contribution in [0.3, 0.4) is 0 Å². The van der Waals surface area contributed by atoms with Gasteiger partial charge >= 0.3 is 5.76 Å². The summed E-state index contributed by atoms with van der Waals surface area (Å²) in [6.45, 7) is -0.0332. The first-order valence-corrected chi connectivity index (χ1v) is 8.18. The van der Waals surface area contributed by atoms with E-state index in [2.05, 4.69) is 17.4 Å². The molecule has 0 spiro atoms. The number of amides is 1. The third-order valence-electron chi connectivity index (χ3n) is 4.58. The van der Waals surface area contributed by atoms with Gasteiger partial charge in [-0.15, -0.1) is 0 Å². The van der Waals surface area contributed by atoms with Crippen molar-refractivity contribution in [2.24, 2.45) is 0 Å². The molecule has 0 bridgehead atoms. The SMILES string of the molecule is O=C(Cn1c(=O)oc2ccccc21)NC1CCCc2ccccc21. The van der Waals surface area contributed by atoms with Gasteiger partial charge < -0.3 is 9.73 Å². The van der Waals surface area contributed by atoms with Crippen LogP contribution in [0, 0.1) is 0 Å². The Morgan fingerprint density at radius 2 is 1.96 bits per heavy atom. The monoisotopic (exact) mass is 322 g/mol. The van der Waals surface area contributed by atoms with Crippen molar-refractivity contribution in [3.05, 3.63) is 70.2 Å². The molecule has 1 amide bonds. The molecule has 0 aliphatic heterocycles. The molecule has 1 aliphatic carbocycles. The van der Waals surface area contributed by atoms with E-state index >= 15 is 0 Å². The molecule has 2 aromatic carbocycles. The van der Waals surface area contributed by atoms with E-state index in [1.807, 2.05) is 18.2 Å².